The number of rotatable bonds is 6. The number of nitriles is 1. The normalized spacial score (nSPS) is 10.4. The van der Waals surface area contributed by atoms with Crippen molar-refractivity contribution in [3.05, 3.63) is 11.3 Å². The molecule has 0 saturated carbocycles. The van der Waals surface area contributed by atoms with Gasteiger partial charge < -0.3 is 4.90 Å². The molecule has 1 aromatic rings. The third-order valence-corrected chi connectivity index (χ3v) is 2.73. The van der Waals surface area contributed by atoms with Crippen molar-refractivity contribution in [1.82, 2.24) is 9.78 Å². The summed E-state index contributed by atoms with van der Waals surface area (Å²) in [7, 11) is 1.83. The van der Waals surface area contributed by atoms with Gasteiger partial charge in [-0.05, 0) is 12.8 Å². The largest absolute Gasteiger partial charge is 0.355 e. The van der Waals surface area contributed by atoms with Crippen molar-refractivity contribution in [2.24, 2.45) is 13.0 Å². The van der Waals surface area contributed by atoms with Crippen molar-refractivity contribution in [2.75, 3.05) is 18.0 Å². The van der Waals surface area contributed by atoms with Gasteiger partial charge in [0.1, 0.15) is 5.82 Å². The van der Waals surface area contributed by atoms with Crippen molar-refractivity contribution < 1.29 is 4.79 Å². The fourth-order valence-corrected chi connectivity index (χ4v) is 2.08. The van der Waals surface area contributed by atoms with Gasteiger partial charge in [0.15, 0.2) is 6.29 Å². The van der Waals surface area contributed by atoms with E-state index in [1.807, 2.05) is 14.0 Å². The Morgan fingerprint density at radius 1 is 1.56 bits per heavy atom. The van der Waals surface area contributed by atoms with E-state index < -0.39 is 0 Å². The molecule has 0 aliphatic heterocycles. The number of aldehydes is 1. The van der Waals surface area contributed by atoms with Crippen LogP contribution in [0.5, 0.6) is 0 Å². The highest BCUT2D eigenvalue weighted by atomic mass is 16.1. The zero-order valence-electron chi connectivity index (χ0n) is 11.5. The molecule has 1 rings (SSSR count). The zero-order valence-corrected chi connectivity index (χ0v) is 11.5. The van der Waals surface area contributed by atoms with E-state index in [2.05, 4.69) is 29.9 Å². The van der Waals surface area contributed by atoms with Crippen LogP contribution in [0.15, 0.2) is 0 Å². The lowest BCUT2D eigenvalue weighted by atomic mass is 10.1. The van der Waals surface area contributed by atoms with Crippen LogP contribution in [0.25, 0.3) is 0 Å². The van der Waals surface area contributed by atoms with Gasteiger partial charge in [0.2, 0.25) is 0 Å². The second-order valence-corrected chi connectivity index (χ2v) is 4.81. The number of nitrogens with zero attached hydrogens (tertiary/aromatic N) is 4. The Hall–Kier alpha value is -1.83. The van der Waals surface area contributed by atoms with Gasteiger partial charge in [-0.2, -0.15) is 10.4 Å². The van der Waals surface area contributed by atoms with E-state index in [-0.39, 0.29) is 0 Å². The van der Waals surface area contributed by atoms with Crippen LogP contribution in [-0.4, -0.2) is 29.2 Å². The molecule has 98 valence electrons. The molecule has 0 aliphatic carbocycles. The quantitative estimate of drug-likeness (QED) is 0.721. The monoisotopic (exact) mass is 248 g/mol. The van der Waals surface area contributed by atoms with E-state index in [1.165, 1.54) is 0 Å². The summed E-state index contributed by atoms with van der Waals surface area (Å²) in [5, 5.41) is 13.0. The van der Waals surface area contributed by atoms with Crippen LogP contribution < -0.4 is 4.90 Å². The summed E-state index contributed by atoms with van der Waals surface area (Å²) in [4.78, 5) is 13.2. The number of aromatic nitrogens is 2. The SMILES string of the molecule is Cc1nn(C)c(N(CCC#N)CC(C)C)c1C=O. The molecule has 0 unspecified atom stereocenters. The van der Waals surface area contributed by atoms with Crippen LogP contribution in [-0.2, 0) is 7.05 Å². The average Bonchev–Trinajstić information content (AvgIpc) is 2.58. The van der Waals surface area contributed by atoms with Gasteiger partial charge in [0.05, 0.1) is 23.7 Å². The van der Waals surface area contributed by atoms with E-state index >= 15 is 0 Å². The lowest BCUT2D eigenvalue weighted by Gasteiger charge is -2.26. The molecule has 0 amide bonds. The highest BCUT2D eigenvalue weighted by molar-refractivity contribution is 5.84. The van der Waals surface area contributed by atoms with Crippen LogP contribution in [0.1, 0.15) is 36.3 Å². The Balaban J connectivity index is 3.11. The van der Waals surface area contributed by atoms with Crippen molar-refractivity contribution in [3.8, 4) is 6.07 Å². The number of hydrogen-bond acceptors (Lipinski definition) is 4. The molecule has 0 radical (unpaired) electrons. The van der Waals surface area contributed by atoms with E-state index in [1.54, 1.807) is 4.68 Å². The van der Waals surface area contributed by atoms with Gasteiger partial charge in [-0.3, -0.25) is 9.48 Å². The minimum Gasteiger partial charge on any atom is -0.355 e. The lowest BCUT2D eigenvalue weighted by molar-refractivity contribution is 0.112. The first kappa shape index (κ1) is 14.2. The number of carbonyl (C=O) groups excluding carboxylic acids is 1. The summed E-state index contributed by atoms with van der Waals surface area (Å²) in [6.45, 7) is 7.48. The van der Waals surface area contributed by atoms with Gasteiger partial charge >= 0.3 is 0 Å². The second kappa shape index (κ2) is 6.20. The summed E-state index contributed by atoms with van der Waals surface area (Å²) >= 11 is 0. The first-order chi connectivity index (χ1) is 8.51. The highest BCUT2D eigenvalue weighted by Crippen LogP contribution is 2.22. The minimum atomic E-state index is 0.440. The van der Waals surface area contributed by atoms with E-state index in [9.17, 15) is 4.79 Å². The van der Waals surface area contributed by atoms with Gasteiger partial charge in [-0.1, -0.05) is 13.8 Å². The molecule has 0 N–H and O–H groups in total. The first-order valence-corrected chi connectivity index (χ1v) is 6.11. The summed E-state index contributed by atoms with van der Waals surface area (Å²) in [5.41, 5.74) is 1.35. The molecular formula is C13H20N4O. The molecule has 0 atom stereocenters. The van der Waals surface area contributed by atoms with Crippen molar-refractivity contribution in [3.63, 3.8) is 0 Å². The molecule has 0 saturated heterocycles. The first-order valence-electron chi connectivity index (χ1n) is 6.11. The third-order valence-electron chi connectivity index (χ3n) is 2.73. The molecule has 0 bridgehead atoms. The van der Waals surface area contributed by atoms with E-state index in [0.717, 1.165) is 24.3 Å². The molecule has 1 heterocycles. The molecule has 1 aromatic heterocycles. The topological polar surface area (TPSA) is 61.9 Å². The van der Waals surface area contributed by atoms with Gasteiger partial charge in [0, 0.05) is 20.1 Å². The van der Waals surface area contributed by atoms with Crippen LogP contribution in [0.2, 0.25) is 0 Å². The van der Waals surface area contributed by atoms with Crippen molar-refractivity contribution in [1.29, 1.82) is 5.26 Å². The Bertz CT molecular complexity index is 456. The number of hydrogen-bond donors (Lipinski definition) is 0. The predicted octanol–water partition coefficient (Wildman–Crippen LogP) is 1.92. The van der Waals surface area contributed by atoms with Crippen LogP contribution in [0.4, 0.5) is 5.82 Å². The lowest BCUT2D eigenvalue weighted by Crippen LogP contribution is -2.31. The highest BCUT2D eigenvalue weighted by Gasteiger charge is 2.19. The van der Waals surface area contributed by atoms with Crippen LogP contribution in [0.3, 0.4) is 0 Å². The Morgan fingerprint density at radius 2 is 2.22 bits per heavy atom. The van der Waals surface area contributed by atoms with Crippen LogP contribution in [0, 0.1) is 24.2 Å². The summed E-state index contributed by atoms with van der Waals surface area (Å²) in [5.74, 6) is 1.27. The molecule has 18 heavy (non-hydrogen) atoms. The Labute approximate surface area is 108 Å². The molecule has 0 spiro atoms. The fourth-order valence-electron chi connectivity index (χ4n) is 2.08. The number of carbonyl (C=O) groups is 1. The van der Waals surface area contributed by atoms with Crippen LogP contribution >= 0.6 is 0 Å². The van der Waals surface area contributed by atoms with Crippen molar-refractivity contribution >= 4 is 12.1 Å². The molecule has 0 fully saturated rings. The summed E-state index contributed by atoms with van der Waals surface area (Å²) < 4.78 is 1.72. The standard InChI is InChI=1S/C13H20N4O/c1-10(2)8-17(7-5-6-14)13-12(9-18)11(3)15-16(13)4/h9-10H,5,7-8H2,1-4H3. The molecule has 5 nitrogen and oxygen atoms in total. The Morgan fingerprint density at radius 3 is 2.72 bits per heavy atom. The smallest absolute Gasteiger partial charge is 0.155 e. The van der Waals surface area contributed by atoms with E-state index in [4.69, 9.17) is 5.26 Å². The second-order valence-electron chi connectivity index (χ2n) is 4.81. The summed E-state index contributed by atoms with van der Waals surface area (Å²) in [6, 6.07) is 2.15. The fraction of sp³-hybridized carbons (Fsp3) is 0.615. The molecule has 0 aliphatic rings. The maximum absolute atomic E-state index is 11.2. The van der Waals surface area contributed by atoms with Gasteiger partial charge in [-0.15, -0.1) is 0 Å². The Kier molecular flexibility index (Phi) is 4.90. The minimum absolute atomic E-state index is 0.440. The predicted molar refractivity (Wildman–Crippen MR) is 70.6 cm³/mol. The van der Waals surface area contributed by atoms with E-state index in [0.29, 0.717) is 24.4 Å². The van der Waals surface area contributed by atoms with Crippen molar-refractivity contribution in [2.45, 2.75) is 27.2 Å². The average molecular weight is 248 g/mol. The summed E-state index contributed by atoms with van der Waals surface area (Å²) in [6.07, 6.45) is 1.28. The maximum Gasteiger partial charge on any atom is 0.155 e. The van der Waals surface area contributed by atoms with Gasteiger partial charge in [-0.25, -0.2) is 0 Å². The third kappa shape index (κ3) is 3.10. The molecular weight excluding hydrogens is 228 g/mol. The molecule has 5 heteroatoms. The maximum atomic E-state index is 11.2. The number of anilines is 1. The zero-order chi connectivity index (χ0) is 13.7. The number of aryl methyl sites for hydroxylation is 2. The molecule has 0 aromatic carbocycles. The van der Waals surface area contributed by atoms with Gasteiger partial charge in [0.25, 0.3) is 0 Å².